The molecule has 0 unspecified atom stereocenters. The Balaban J connectivity index is 1.91. The summed E-state index contributed by atoms with van der Waals surface area (Å²) >= 11 is 0. The van der Waals surface area contributed by atoms with Crippen molar-refractivity contribution in [1.29, 1.82) is 0 Å². The van der Waals surface area contributed by atoms with Gasteiger partial charge in [-0.25, -0.2) is 0 Å². The van der Waals surface area contributed by atoms with Crippen LogP contribution >= 0.6 is 0 Å². The first kappa shape index (κ1) is 13.1. The predicted octanol–water partition coefficient (Wildman–Crippen LogP) is 0.956. The van der Waals surface area contributed by atoms with Crippen LogP contribution in [0.3, 0.4) is 0 Å². The molecule has 1 fully saturated rings. The van der Waals surface area contributed by atoms with Crippen molar-refractivity contribution in [3.8, 4) is 0 Å². The molecule has 1 aromatic rings. The van der Waals surface area contributed by atoms with Crippen molar-refractivity contribution in [3.05, 3.63) is 34.9 Å². The molecule has 1 aliphatic rings. The number of primary amides is 1. The van der Waals surface area contributed by atoms with Gasteiger partial charge in [0.15, 0.2) is 0 Å². The van der Waals surface area contributed by atoms with Crippen LogP contribution in [0.1, 0.15) is 34.3 Å². The number of aliphatic hydroxyl groups is 1. The number of nitrogens with one attached hydrogen (secondary N) is 1. The predicted molar refractivity (Wildman–Crippen MR) is 70.2 cm³/mol. The average Bonchev–Trinajstić information content (AvgIpc) is 3.11. The maximum Gasteiger partial charge on any atom is 0.248 e. The van der Waals surface area contributed by atoms with Crippen LogP contribution in [0.15, 0.2) is 18.2 Å². The molecule has 0 aromatic heterocycles. The first-order chi connectivity index (χ1) is 8.56. The highest BCUT2D eigenvalue weighted by atomic mass is 16.3. The summed E-state index contributed by atoms with van der Waals surface area (Å²) < 4.78 is 0. The molecular weight excluding hydrogens is 228 g/mol. The molecule has 0 saturated heterocycles. The van der Waals surface area contributed by atoms with Gasteiger partial charge in [-0.2, -0.15) is 0 Å². The number of amides is 1. The summed E-state index contributed by atoms with van der Waals surface area (Å²) in [5, 5.41) is 12.6. The second-order valence-electron chi connectivity index (χ2n) is 5.27. The third kappa shape index (κ3) is 2.89. The van der Waals surface area contributed by atoms with Crippen LogP contribution in [-0.2, 0) is 6.54 Å². The number of carbonyl (C=O) groups excluding carboxylic acids is 1. The highest BCUT2D eigenvalue weighted by Gasteiger charge is 2.41. The largest absolute Gasteiger partial charge is 0.396 e. The molecule has 0 bridgehead atoms. The number of nitrogens with two attached hydrogens (primary N) is 1. The third-order valence-corrected chi connectivity index (χ3v) is 3.74. The molecule has 1 aliphatic carbocycles. The normalized spacial score (nSPS) is 16.6. The van der Waals surface area contributed by atoms with E-state index in [1.807, 2.05) is 19.1 Å². The van der Waals surface area contributed by atoms with Gasteiger partial charge in [-0.15, -0.1) is 0 Å². The number of aliphatic hydroxyl groups excluding tert-OH is 1. The van der Waals surface area contributed by atoms with E-state index in [9.17, 15) is 9.90 Å². The van der Waals surface area contributed by atoms with Gasteiger partial charge in [0, 0.05) is 30.7 Å². The van der Waals surface area contributed by atoms with Gasteiger partial charge in [0.25, 0.3) is 0 Å². The summed E-state index contributed by atoms with van der Waals surface area (Å²) in [5.74, 6) is -0.394. The van der Waals surface area contributed by atoms with Crippen LogP contribution in [0.5, 0.6) is 0 Å². The number of hydrogen-bond donors (Lipinski definition) is 3. The SMILES string of the molecule is Cc1cc(C(N)=O)ccc1CNCC1(CO)CC1. The van der Waals surface area contributed by atoms with Gasteiger partial charge < -0.3 is 16.2 Å². The highest BCUT2D eigenvalue weighted by Crippen LogP contribution is 2.44. The Labute approximate surface area is 107 Å². The van der Waals surface area contributed by atoms with Crippen LogP contribution in [0.25, 0.3) is 0 Å². The van der Waals surface area contributed by atoms with Crippen LogP contribution in [-0.4, -0.2) is 24.2 Å². The third-order valence-electron chi connectivity index (χ3n) is 3.74. The van der Waals surface area contributed by atoms with Crippen molar-refractivity contribution >= 4 is 5.91 Å². The van der Waals surface area contributed by atoms with E-state index in [1.165, 1.54) is 0 Å². The molecule has 0 radical (unpaired) electrons. The quantitative estimate of drug-likeness (QED) is 0.702. The van der Waals surface area contributed by atoms with Gasteiger partial charge in [-0.1, -0.05) is 6.07 Å². The van der Waals surface area contributed by atoms with Crippen molar-refractivity contribution in [3.63, 3.8) is 0 Å². The minimum absolute atomic E-state index is 0.126. The number of benzene rings is 1. The molecule has 2 rings (SSSR count). The number of carbonyl (C=O) groups is 1. The smallest absolute Gasteiger partial charge is 0.248 e. The van der Waals surface area contributed by atoms with Crippen LogP contribution in [0.2, 0.25) is 0 Å². The lowest BCUT2D eigenvalue weighted by molar-refractivity contribution is 0.1000. The maximum absolute atomic E-state index is 11.0. The van der Waals surface area contributed by atoms with E-state index in [0.29, 0.717) is 5.56 Å². The Hall–Kier alpha value is -1.39. The van der Waals surface area contributed by atoms with Crippen LogP contribution < -0.4 is 11.1 Å². The number of hydrogen-bond acceptors (Lipinski definition) is 3. The molecule has 0 heterocycles. The monoisotopic (exact) mass is 248 g/mol. The Morgan fingerprint density at radius 1 is 1.50 bits per heavy atom. The van der Waals surface area contributed by atoms with Gasteiger partial charge in [0.1, 0.15) is 0 Å². The number of rotatable bonds is 6. The Morgan fingerprint density at radius 3 is 2.72 bits per heavy atom. The molecule has 4 N–H and O–H groups in total. The van der Waals surface area contributed by atoms with Gasteiger partial charge >= 0.3 is 0 Å². The van der Waals surface area contributed by atoms with Gasteiger partial charge in [-0.3, -0.25) is 4.79 Å². The van der Waals surface area contributed by atoms with E-state index in [4.69, 9.17) is 5.73 Å². The standard InChI is InChI=1S/C14H20N2O2/c1-10-6-11(13(15)18)2-3-12(10)7-16-8-14(9-17)4-5-14/h2-3,6,16-17H,4-5,7-9H2,1H3,(H2,15,18). The van der Waals surface area contributed by atoms with E-state index < -0.39 is 5.91 Å². The fraction of sp³-hybridized carbons (Fsp3) is 0.500. The fourth-order valence-electron chi connectivity index (χ4n) is 2.08. The Kier molecular flexibility index (Phi) is 3.68. The number of aryl methyl sites for hydroxylation is 1. The van der Waals surface area contributed by atoms with E-state index in [2.05, 4.69) is 5.32 Å². The highest BCUT2D eigenvalue weighted by molar-refractivity contribution is 5.93. The Morgan fingerprint density at radius 2 is 2.22 bits per heavy atom. The lowest BCUT2D eigenvalue weighted by atomic mass is 10.0. The van der Waals surface area contributed by atoms with E-state index >= 15 is 0 Å². The summed E-state index contributed by atoms with van der Waals surface area (Å²) in [4.78, 5) is 11.0. The second-order valence-corrected chi connectivity index (χ2v) is 5.27. The van der Waals surface area contributed by atoms with E-state index in [-0.39, 0.29) is 12.0 Å². The topological polar surface area (TPSA) is 75.4 Å². The lowest BCUT2D eigenvalue weighted by Gasteiger charge is -2.14. The van der Waals surface area contributed by atoms with Crippen molar-refractivity contribution in [1.82, 2.24) is 5.32 Å². The zero-order chi connectivity index (χ0) is 13.2. The zero-order valence-electron chi connectivity index (χ0n) is 10.7. The van der Waals surface area contributed by atoms with Crippen molar-refractivity contribution < 1.29 is 9.90 Å². The van der Waals surface area contributed by atoms with Gasteiger partial charge in [0.2, 0.25) is 5.91 Å². The molecule has 0 spiro atoms. The molecule has 98 valence electrons. The van der Waals surface area contributed by atoms with Crippen molar-refractivity contribution in [2.24, 2.45) is 11.1 Å². The average molecular weight is 248 g/mol. The lowest BCUT2D eigenvalue weighted by Crippen LogP contribution is -2.26. The molecule has 4 heteroatoms. The molecule has 1 aromatic carbocycles. The maximum atomic E-state index is 11.0. The summed E-state index contributed by atoms with van der Waals surface area (Å²) in [6, 6.07) is 5.50. The second kappa shape index (κ2) is 5.08. The van der Waals surface area contributed by atoms with Crippen LogP contribution in [0, 0.1) is 12.3 Å². The van der Waals surface area contributed by atoms with E-state index in [1.54, 1.807) is 6.07 Å². The molecule has 4 nitrogen and oxygen atoms in total. The molecule has 0 aliphatic heterocycles. The molecule has 0 atom stereocenters. The Bertz CT molecular complexity index is 453. The summed E-state index contributed by atoms with van der Waals surface area (Å²) in [5.41, 5.74) is 8.13. The van der Waals surface area contributed by atoms with Gasteiger partial charge in [-0.05, 0) is 43.0 Å². The fourth-order valence-corrected chi connectivity index (χ4v) is 2.08. The molecule has 18 heavy (non-hydrogen) atoms. The van der Waals surface area contributed by atoms with Crippen molar-refractivity contribution in [2.45, 2.75) is 26.3 Å². The van der Waals surface area contributed by atoms with E-state index in [0.717, 1.165) is 37.1 Å². The van der Waals surface area contributed by atoms with Crippen molar-refractivity contribution in [2.75, 3.05) is 13.2 Å². The molecule has 1 saturated carbocycles. The first-order valence-electron chi connectivity index (χ1n) is 6.27. The summed E-state index contributed by atoms with van der Waals surface area (Å²) in [6.45, 7) is 3.84. The zero-order valence-corrected chi connectivity index (χ0v) is 10.7. The molecule has 1 amide bonds. The summed E-state index contributed by atoms with van der Waals surface area (Å²) in [6.07, 6.45) is 2.21. The van der Waals surface area contributed by atoms with Crippen LogP contribution in [0.4, 0.5) is 0 Å². The minimum atomic E-state index is -0.394. The van der Waals surface area contributed by atoms with Gasteiger partial charge in [0.05, 0.1) is 0 Å². The minimum Gasteiger partial charge on any atom is -0.396 e. The summed E-state index contributed by atoms with van der Waals surface area (Å²) in [7, 11) is 0. The molecular formula is C14H20N2O2. The first-order valence-corrected chi connectivity index (χ1v) is 6.27.